The van der Waals surface area contributed by atoms with Crippen LogP contribution < -0.4 is 10.1 Å². The van der Waals surface area contributed by atoms with Gasteiger partial charge in [-0.2, -0.15) is 0 Å². The summed E-state index contributed by atoms with van der Waals surface area (Å²) in [6, 6.07) is 4.75. The minimum Gasteiger partial charge on any atom is -0.488 e. The lowest BCUT2D eigenvalue weighted by Gasteiger charge is -2.05. The standard InChI is InChI=1S/C14H17N3O3S/c1-3-6-15-14-16-8-12(21-14)9-20-11-4-5-13(17(18)19)10(2)7-11/h4-5,7-8H,3,6,9H2,1-2H3,(H,15,16). The van der Waals surface area contributed by atoms with Gasteiger partial charge in [-0.1, -0.05) is 18.3 Å². The van der Waals surface area contributed by atoms with Gasteiger partial charge in [0.15, 0.2) is 5.13 Å². The van der Waals surface area contributed by atoms with Crippen LogP contribution in [0.4, 0.5) is 10.8 Å². The van der Waals surface area contributed by atoms with E-state index < -0.39 is 4.92 Å². The van der Waals surface area contributed by atoms with E-state index in [-0.39, 0.29) is 5.69 Å². The zero-order chi connectivity index (χ0) is 15.2. The summed E-state index contributed by atoms with van der Waals surface area (Å²) in [7, 11) is 0. The number of anilines is 1. The molecule has 0 bridgehead atoms. The number of thiazole rings is 1. The van der Waals surface area contributed by atoms with Crippen molar-refractivity contribution < 1.29 is 9.66 Å². The Balaban J connectivity index is 1.95. The molecule has 21 heavy (non-hydrogen) atoms. The maximum atomic E-state index is 10.8. The van der Waals surface area contributed by atoms with Crippen LogP contribution in [0.25, 0.3) is 0 Å². The summed E-state index contributed by atoms with van der Waals surface area (Å²) in [6.45, 7) is 5.10. The molecular weight excluding hydrogens is 290 g/mol. The lowest BCUT2D eigenvalue weighted by atomic mass is 10.2. The van der Waals surface area contributed by atoms with Crippen molar-refractivity contribution in [2.45, 2.75) is 26.9 Å². The lowest BCUT2D eigenvalue weighted by molar-refractivity contribution is -0.385. The van der Waals surface area contributed by atoms with E-state index in [1.165, 1.54) is 6.07 Å². The number of nitro groups is 1. The van der Waals surface area contributed by atoms with E-state index >= 15 is 0 Å². The number of hydrogen-bond acceptors (Lipinski definition) is 6. The summed E-state index contributed by atoms with van der Waals surface area (Å²) in [4.78, 5) is 15.6. The third-order valence-corrected chi connectivity index (χ3v) is 3.75. The number of rotatable bonds is 7. The zero-order valence-corrected chi connectivity index (χ0v) is 12.8. The molecule has 0 amide bonds. The van der Waals surface area contributed by atoms with Crippen molar-refractivity contribution in [3.05, 3.63) is 45.0 Å². The molecule has 0 unspecified atom stereocenters. The molecule has 112 valence electrons. The summed E-state index contributed by atoms with van der Waals surface area (Å²) < 4.78 is 5.65. The van der Waals surface area contributed by atoms with E-state index in [2.05, 4.69) is 17.2 Å². The fourth-order valence-corrected chi connectivity index (χ4v) is 2.52. The van der Waals surface area contributed by atoms with Gasteiger partial charge in [-0.25, -0.2) is 4.98 Å². The van der Waals surface area contributed by atoms with E-state index in [9.17, 15) is 10.1 Å². The predicted octanol–water partition coefficient (Wildman–Crippen LogP) is 3.76. The summed E-state index contributed by atoms with van der Waals surface area (Å²) >= 11 is 1.55. The van der Waals surface area contributed by atoms with Crippen LogP contribution in [0.2, 0.25) is 0 Å². The Bertz CT molecular complexity index is 628. The van der Waals surface area contributed by atoms with Crippen LogP contribution in [0.15, 0.2) is 24.4 Å². The van der Waals surface area contributed by atoms with Crippen molar-refractivity contribution in [3.8, 4) is 5.75 Å². The Kier molecular flexibility index (Phi) is 5.10. The maximum absolute atomic E-state index is 10.8. The van der Waals surface area contributed by atoms with Crippen LogP contribution in [-0.4, -0.2) is 16.5 Å². The maximum Gasteiger partial charge on any atom is 0.272 e. The summed E-state index contributed by atoms with van der Waals surface area (Å²) in [5.74, 6) is 0.620. The molecule has 0 atom stereocenters. The van der Waals surface area contributed by atoms with E-state index in [0.29, 0.717) is 17.9 Å². The van der Waals surface area contributed by atoms with Crippen LogP contribution >= 0.6 is 11.3 Å². The predicted molar refractivity (Wildman–Crippen MR) is 83.1 cm³/mol. The van der Waals surface area contributed by atoms with Crippen LogP contribution in [0.5, 0.6) is 5.75 Å². The van der Waals surface area contributed by atoms with E-state index in [0.717, 1.165) is 23.0 Å². The topological polar surface area (TPSA) is 77.3 Å². The van der Waals surface area contributed by atoms with Gasteiger partial charge in [0.2, 0.25) is 0 Å². The van der Waals surface area contributed by atoms with Gasteiger partial charge in [-0.05, 0) is 25.5 Å². The SMILES string of the molecule is CCCNc1ncc(COc2ccc([N+](=O)[O-])c(C)c2)s1. The van der Waals surface area contributed by atoms with Crippen molar-refractivity contribution in [2.75, 3.05) is 11.9 Å². The molecule has 1 N–H and O–H groups in total. The van der Waals surface area contributed by atoms with Crippen LogP contribution in [-0.2, 0) is 6.61 Å². The first-order valence-corrected chi connectivity index (χ1v) is 7.48. The highest BCUT2D eigenvalue weighted by atomic mass is 32.1. The molecule has 1 aromatic carbocycles. The number of benzene rings is 1. The van der Waals surface area contributed by atoms with Crippen molar-refractivity contribution in [2.24, 2.45) is 0 Å². The second-order valence-corrected chi connectivity index (χ2v) is 5.67. The van der Waals surface area contributed by atoms with Gasteiger partial charge >= 0.3 is 0 Å². The van der Waals surface area contributed by atoms with Gasteiger partial charge in [-0.3, -0.25) is 10.1 Å². The quantitative estimate of drug-likeness (QED) is 0.622. The summed E-state index contributed by atoms with van der Waals surface area (Å²) in [5.41, 5.74) is 0.693. The Morgan fingerprint density at radius 2 is 2.29 bits per heavy atom. The van der Waals surface area contributed by atoms with Crippen LogP contribution in [0.1, 0.15) is 23.8 Å². The summed E-state index contributed by atoms with van der Waals surface area (Å²) in [6.07, 6.45) is 2.83. The van der Waals surface area contributed by atoms with E-state index in [1.807, 2.05) is 0 Å². The molecule has 0 fully saturated rings. The smallest absolute Gasteiger partial charge is 0.272 e. The molecule has 7 heteroatoms. The Labute approximate surface area is 126 Å². The largest absolute Gasteiger partial charge is 0.488 e. The molecule has 0 aliphatic carbocycles. The Hall–Kier alpha value is -2.15. The normalized spacial score (nSPS) is 10.4. The molecule has 0 aliphatic heterocycles. The van der Waals surface area contributed by atoms with Gasteiger partial charge in [0.1, 0.15) is 12.4 Å². The lowest BCUT2D eigenvalue weighted by Crippen LogP contribution is -1.98. The molecule has 0 radical (unpaired) electrons. The van der Waals surface area contributed by atoms with Crippen LogP contribution in [0, 0.1) is 17.0 Å². The first kappa shape index (κ1) is 15.2. The first-order valence-electron chi connectivity index (χ1n) is 6.66. The minimum atomic E-state index is -0.395. The molecule has 6 nitrogen and oxygen atoms in total. The molecule has 2 rings (SSSR count). The van der Waals surface area contributed by atoms with Crippen molar-refractivity contribution in [1.82, 2.24) is 4.98 Å². The number of hydrogen-bond donors (Lipinski definition) is 1. The van der Waals surface area contributed by atoms with Crippen molar-refractivity contribution in [1.29, 1.82) is 0 Å². The number of nitro benzene ring substituents is 1. The number of aromatic nitrogens is 1. The fourth-order valence-electron chi connectivity index (χ4n) is 1.76. The number of aryl methyl sites for hydroxylation is 1. The monoisotopic (exact) mass is 307 g/mol. The Morgan fingerprint density at radius 3 is 2.95 bits per heavy atom. The third kappa shape index (κ3) is 4.16. The molecule has 0 saturated carbocycles. The zero-order valence-electron chi connectivity index (χ0n) is 12.0. The van der Waals surface area contributed by atoms with Gasteiger partial charge < -0.3 is 10.1 Å². The highest BCUT2D eigenvalue weighted by Crippen LogP contribution is 2.25. The average Bonchev–Trinajstić information content (AvgIpc) is 2.90. The van der Waals surface area contributed by atoms with Gasteiger partial charge in [0, 0.05) is 24.4 Å². The summed E-state index contributed by atoms with van der Waals surface area (Å²) in [5, 5.41) is 14.9. The highest BCUT2D eigenvalue weighted by molar-refractivity contribution is 7.15. The Morgan fingerprint density at radius 1 is 1.48 bits per heavy atom. The van der Waals surface area contributed by atoms with Gasteiger partial charge in [0.05, 0.1) is 9.80 Å². The van der Waals surface area contributed by atoms with Gasteiger partial charge in [-0.15, -0.1) is 0 Å². The number of nitrogens with zero attached hydrogens (tertiary/aromatic N) is 2. The molecule has 1 heterocycles. The van der Waals surface area contributed by atoms with Crippen molar-refractivity contribution >= 4 is 22.2 Å². The molecule has 0 aliphatic rings. The average molecular weight is 307 g/mol. The molecule has 1 aromatic heterocycles. The van der Waals surface area contributed by atoms with Gasteiger partial charge in [0.25, 0.3) is 5.69 Å². The molecular formula is C14H17N3O3S. The van der Waals surface area contributed by atoms with Crippen molar-refractivity contribution in [3.63, 3.8) is 0 Å². The first-order chi connectivity index (χ1) is 10.1. The second-order valence-electron chi connectivity index (χ2n) is 4.55. The van der Waals surface area contributed by atoms with Crippen LogP contribution in [0.3, 0.4) is 0 Å². The van der Waals surface area contributed by atoms with E-state index in [1.54, 1.807) is 36.6 Å². The highest BCUT2D eigenvalue weighted by Gasteiger charge is 2.11. The minimum absolute atomic E-state index is 0.103. The molecule has 0 saturated heterocycles. The number of nitrogens with one attached hydrogen (secondary N) is 1. The van der Waals surface area contributed by atoms with E-state index in [4.69, 9.17) is 4.74 Å². The molecule has 2 aromatic rings. The fraction of sp³-hybridized carbons (Fsp3) is 0.357. The second kappa shape index (κ2) is 7.03. The third-order valence-electron chi connectivity index (χ3n) is 2.83. The molecule has 0 spiro atoms. The number of ether oxygens (including phenoxy) is 1.